The molecule has 0 aliphatic carbocycles. The molecule has 0 aromatic heterocycles. The number of ketones is 1. The van der Waals surface area contributed by atoms with Crippen molar-refractivity contribution in [3.8, 4) is 5.75 Å². The molecule has 0 radical (unpaired) electrons. The van der Waals surface area contributed by atoms with Crippen molar-refractivity contribution in [2.45, 2.75) is 44.9 Å². The van der Waals surface area contributed by atoms with Gasteiger partial charge in [0.05, 0.1) is 24.9 Å². The first-order chi connectivity index (χ1) is 10.6. The number of ether oxygens (including phenoxy) is 2. The Bertz CT molecular complexity index is 529. The summed E-state index contributed by atoms with van der Waals surface area (Å²) in [7, 11) is 2.15. The molecule has 1 aromatic rings. The Morgan fingerprint density at radius 3 is 2.50 bits per heavy atom. The summed E-state index contributed by atoms with van der Waals surface area (Å²) >= 11 is 0. The number of fused-ring (bicyclic) bond motifs is 2. The topological polar surface area (TPSA) is 38.8 Å². The number of rotatable bonds is 4. The van der Waals surface area contributed by atoms with Gasteiger partial charge in [-0.2, -0.15) is 0 Å². The first-order valence-corrected chi connectivity index (χ1v) is 8.16. The number of Topliss-reactive ketones (excluding diaryl/α,β-unsaturated/α-hetero) is 1. The molecule has 120 valence electrons. The first kappa shape index (κ1) is 15.5. The number of hydrogen-bond donors (Lipinski definition) is 0. The molecule has 22 heavy (non-hydrogen) atoms. The van der Waals surface area contributed by atoms with Crippen LogP contribution in [0.15, 0.2) is 24.3 Å². The minimum atomic E-state index is 0.0687. The van der Waals surface area contributed by atoms with E-state index in [1.165, 1.54) is 0 Å². The van der Waals surface area contributed by atoms with Crippen LogP contribution in [0.3, 0.4) is 0 Å². The number of para-hydroxylation sites is 1. The van der Waals surface area contributed by atoms with E-state index in [-0.39, 0.29) is 17.8 Å². The van der Waals surface area contributed by atoms with Crippen molar-refractivity contribution in [1.82, 2.24) is 4.90 Å². The van der Waals surface area contributed by atoms with Gasteiger partial charge < -0.3 is 9.47 Å². The van der Waals surface area contributed by atoms with Crippen LogP contribution in [0.1, 0.15) is 37.0 Å². The lowest BCUT2D eigenvalue weighted by Crippen LogP contribution is -2.55. The number of carbonyl (C=O) groups excluding carboxylic acids is 1. The van der Waals surface area contributed by atoms with Crippen LogP contribution in [-0.2, 0) is 4.74 Å². The minimum absolute atomic E-state index is 0.0687. The molecule has 2 aliphatic heterocycles. The summed E-state index contributed by atoms with van der Waals surface area (Å²) in [6, 6.07) is 8.35. The SMILES string of the molecule is CC(C)Oc1ccccc1C(=O)C1CC2COCC(C1)N2C. The van der Waals surface area contributed by atoms with Crippen molar-refractivity contribution in [2.75, 3.05) is 20.3 Å². The average molecular weight is 303 g/mol. The molecule has 4 heteroatoms. The van der Waals surface area contributed by atoms with E-state index in [0.29, 0.717) is 17.8 Å². The maximum absolute atomic E-state index is 13.0. The minimum Gasteiger partial charge on any atom is -0.490 e. The van der Waals surface area contributed by atoms with Crippen LogP contribution in [0.5, 0.6) is 5.75 Å². The molecule has 2 saturated heterocycles. The molecule has 2 fully saturated rings. The summed E-state index contributed by atoms with van der Waals surface area (Å²) in [4.78, 5) is 15.4. The molecule has 0 N–H and O–H groups in total. The molecule has 1 aromatic carbocycles. The lowest BCUT2D eigenvalue weighted by atomic mass is 9.81. The Kier molecular flexibility index (Phi) is 4.50. The largest absolute Gasteiger partial charge is 0.490 e. The Morgan fingerprint density at radius 1 is 1.23 bits per heavy atom. The molecule has 2 unspecified atom stereocenters. The van der Waals surface area contributed by atoms with Crippen molar-refractivity contribution in [1.29, 1.82) is 0 Å². The first-order valence-electron chi connectivity index (χ1n) is 8.16. The number of nitrogens with zero attached hydrogens (tertiary/aromatic N) is 1. The monoisotopic (exact) mass is 303 g/mol. The second-order valence-electron chi connectivity index (χ2n) is 6.71. The summed E-state index contributed by atoms with van der Waals surface area (Å²) in [5, 5.41) is 0. The molecule has 2 heterocycles. The van der Waals surface area contributed by atoms with Crippen LogP contribution >= 0.6 is 0 Å². The van der Waals surface area contributed by atoms with Gasteiger partial charge in [-0.05, 0) is 45.9 Å². The van der Waals surface area contributed by atoms with Gasteiger partial charge in [-0.25, -0.2) is 0 Å². The van der Waals surface area contributed by atoms with Crippen LogP contribution in [0.4, 0.5) is 0 Å². The van der Waals surface area contributed by atoms with E-state index in [1.807, 2.05) is 38.1 Å². The van der Waals surface area contributed by atoms with E-state index in [9.17, 15) is 4.79 Å². The maximum atomic E-state index is 13.0. The molecule has 3 rings (SSSR count). The van der Waals surface area contributed by atoms with Crippen LogP contribution in [-0.4, -0.2) is 49.1 Å². The van der Waals surface area contributed by atoms with Gasteiger partial charge in [0.2, 0.25) is 0 Å². The lowest BCUT2D eigenvalue weighted by molar-refractivity contribution is -0.0702. The van der Waals surface area contributed by atoms with Gasteiger partial charge in [-0.15, -0.1) is 0 Å². The zero-order valence-electron chi connectivity index (χ0n) is 13.6. The number of likely N-dealkylation sites (N-methyl/N-ethyl adjacent to an activating group) is 1. The summed E-state index contributed by atoms with van der Waals surface area (Å²) < 4.78 is 11.5. The number of carbonyl (C=O) groups is 1. The van der Waals surface area contributed by atoms with Crippen LogP contribution in [0.2, 0.25) is 0 Å². The Morgan fingerprint density at radius 2 is 1.86 bits per heavy atom. The van der Waals surface area contributed by atoms with Crippen molar-refractivity contribution >= 4 is 5.78 Å². The molecular weight excluding hydrogens is 278 g/mol. The zero-order chi connectivity index (χ0) is 15.7. The third-order valence-corrected chi connectivity index (χ3v) is 4.77. The number of benzene rings is 1. The van der Waals surface area contributed by atoms with Gasteiger partial charge in [0.1, 0.15) is 5.75 Å². The highest BCUT2D eigenvalue weighted by Crippen LogP contribution is 2.34. The predicted molar refractivity (Wildman–Crippen MR) is 85.4 cm³/mol. The molecule has 2 atom stereocenters. The Labute approximate surface area is 132 Å². The van der Waals surface area contributed by atoms with Crippen LogP contribution in [0, 0.1) is 5.92 Å². The smallest absolute Gasteiger partial charge is 0.169 e. The molecule has 2 aliphatic rings. The van der Waals surface area contributed by atoms with Gasteiger partial charge in [-0.3, -0.25) is 9.69 Å². The lowest BCUT2D eigenvalue weighted by Gasteiger charge is -2.46. The van der Waals surface area contributed by atoms with Crippen LogP contribution in [0.25, 0.3) is 0 Å². The predicted octanol–water partition coefficient (Wildman–Crippen LogP) is 2.77. The second kappa shape index (κ2) is 6.39. The Balaban J connectivity index is 1.80. The second-order valence-corrected chi connectivity index (χ2v) is 6.71. The normalized spacial score (nSPS) is 28.6. The quantitative estimate of drug-likeness (QED) is 0.802. The average Bonchev–Trinajstić information content (AvgIpc) is 2.46. The molecule has 0 amide bonds. The van der Waals surface area contributed by atoms with Gasteiger partial charge in [0, 0.05) is 18.0 Å². The molecular formula is C18H25NO3. The highest BCUT2D eigenvalue weighted by Gasteiger charge is 2.40. The fraction of sp³-hybridized carbons (Fsp3) is 0.611. The number of piperidine rings is 1. The van der Waals surface area contributed by atoms with Gasteiger partial charge in [-0.1, -0.05) is 12.1 Å². The van der Waals surface area contributed by atoms with E-state index in [2.05, 4.69) is 11.9 Å². The van der Waals surface area contributed by atoms with E-state index in [1.54, 1.807) is 0 Å². The maximum Gasteiger partial charge on any atom is 0.169 e. The molecule has 2 bridgehead atoms. The standard InChI is InChI=1S/C18H25NO3/c1-12(2)22-17-7-5-4-6-16(17)18(20)13-8-14-10-21-11-15(9-13)19(14)3/h4-7,12-15H,8-11H2,1-3H3. The molecule has 0 saturated carbocycles. The highest BCUT2D eigenvalue weighted by molar-refractivity contribution is 6.00. The Hall–Kier alpha value is -1.39. The third-order valence-electron chi connectivity index (χ3n) is 4.77. The van der Waals surface area contributed by atoms with Crippen molar-refractivity contribution in [3.05, 3.63) is 29.8 Å². The van der Waals surface area contributed by atoms with Gasteiger partial charge in [0.25, 0.3) is 0 Å². The number of morpholine rings is 1. The summed E-state index contributed by atoms with van der Waals surface area (Å²) in [5.74, 6) is 1.01. The molecule has 4 nitrogen and oxygen atoms in total. The van der Waals surface area contributed by atoms with E-state index < -0.39 is 0 Å². The fourth-order valence-corrected chi connectivity index (χ4v) is 3.56. The van der Waals surface area contributed by atoms with Crippen molar-refractivity contribution in [3.63, 3.8) is 0 Å². The van der Waals surface area contributed by atoms with E-state index in [0.717, 1.165) is 31.6 Å². The van der Waals surface area contributed by atoms with E-state index in [4.69, 9.17) is 9.47 Å². The van der Waals surface area contributed by atoms with Crippen molar-refractivity contribution in [2.24, 2.45) is 5.92 Å². The summed E-state index contributed by atoms with van der Waals surface area (Å²) in [6.07, 6.45) is 1.82. The van der Waals surface area contributed by atoms with Crippen molar-refractivity contribution < 1.29 is 14.3 Å². The third kappa shape index (κ3) is 3.03. The molecule has 0 spiro atoms. The van der Waals surface area contributed by atoms with Crippen LogP contribution < -0.4 is 4.74 Å². The summed E-state index contributed by atoms with van der Waals surface area (Å²) in [5.41, 5.74) is 0.727. The van der Waals surface area contributed by atoms with Gasteiger partial charge in [0.15, 0.2) is 5.78 Å². The number of hydrogen-bond acceptors (Lipinski definition) is 4. The fourth-order valence-electron chi connectivity index (χ4n) is 3.56. The van der Waals surface area contributed by atoms with E-state index >= 15 is 0 Å². The van der Waals surface area contributed by atoms with Gasteiger partial charge >= 0.3 is 0 Å². The zero-order valence-corrected chi connectivity index (χ0v) is 13.6. The summed E-state index contributed by atoms with van der Waals surface area (Å²) in [6.45, 7) is 5.44. The highest BCUT2D eigenvalue weighted by atomic mass is 16.5.